The minimum atomic E-state index is -1.17. The number of allylic oxidation sites excluding steroid dienone is 5. The Bertz CT molecular complexity index is 1140. The molecule has 6 saturated carbocycles. The summed E-state index contributed by atoms with van der Waals surface area (Å²) < 4.78 is 8.33. The molecular formula is C36H48O7. The van der Waals surface area contributed by atoms with Crippen molar-refractivity contribution < 1.29 is 33.8 Å². The van der Waals surface area contributed by atoms with Crippen LogP contribution in [0.3, 0.4) is 0 Å². The standard InChI is InChI=1S/C15H20.C10H14.C6H8O3.C5H6O4/c1-2-10-11(3-1)13-7-12(10)14-8-4-5-9(6-8)15(13)14;1-2-9-7-4-5-8(6-7)10(9)3-1;1-5(7)3-4-6(8)9-2;1-9-5(8)3-2-4(6)7/h1-2,8-15H,3-7H2;1-2,7-10H,3-6H2;3-4H,1-2H3;2-3H,1H3,(H,6,7). The van der Waals surface area contributed by atoms with E-state index in [1.165, 1.54) is 64.1 Å². The Balaban J connectivity index is 0.000000119. The molecule has 234 valence electrons. The second-order valence-corrected chi connectivity index (χ2v) is 13.9. The number of carbonyl (C=O) groups excluding carboxylic acids is 3. The van der Waals surface area contributed by atoms with Crippen LogP contribution in [0.5, 0.6) is 0 Å². The van der Waals surface area contributed by atoms with Gasteiger partial charge in [-0.3, -0.25) is 4.79 Å². The third-order valence-electron chi connectivity index (χ3n) is 12.0. The van der Waals surface area contributed by atoms with Crippen LogP contribution >= 0.6 is 0 Å². The molecule has 0 heterocycles. The van der Waals surface area contributed by atoms with Crippen molar-refractivity contribution in [3.05, 3.63) is 48.6 Å². The van der Waals surface area contributed by atoms with Gasteiger partial charge in [0, 0.05) is 18.2 Å². The lowest BCUT2D eigenvalue weighted by atomic mass is 9.64. The van der Waals surface area contributed by atoms with Crippen LogP contribution in [0.2, 0.25) is 0 Å². The highest BCUT2D eigenvalue weighted by molar-refractivity contribution is 5.94. The molecule has 0 radical (unpaired) electrons. The number of carbonyl (C=O) groups is 4. The Labute approximate surface area is 255 Å². The number of ether oxygens (including phenoxy) is 2. The third kappa shape index (κ3) is 6.76. The molecule has 6 fully saturated rings. The summed E-state index contributed by atoms with van der Waals surface area (Å²) in [7, 11) is 2.43. The van der Waals surface area contributed by atoms with Gasteiger partial charge in [0.2, 0.25) is 0 Å². The molecule has 6 bridgehead atoms. The van der Waals surface area contributed by atoms with Crippen LogP contribution in [0.15, 0.2) is 48.6 Å². The molecule has 0 aromatic rings. The summed E-state index contributed by atoms with van der Waals surface area (Å²) in [5.41, 5.74) is 0. The van der Waals surface area contributed by atoms with Gasteiger partial charge in [0.25, 0.3) is 0 Å². The molecule has 0 aliphatic heterocycles. The molecule has 0 aromatic heterocycles. The predicted octanol–water partition coefficient (Wildman–Crippen LogP) is 6.20. The monoisotopic (exact) mass is 592 g/mol. The van der Waals surface area contributed by atoms with Crippen molar-refractivity contribution >= 4 is 23.7 Å². The van der Waals surface area contributed by atoms with E-state index in [0.717, 1.165) is 65.6 Å². The van der Waals surface area contributed by atoms with Crippen molar-refractivity contribution in [3.63, 3.8) is 0 Å². The lowest BCUT2D eigenvalue weighted by Crippen LogP contribution is -2.36. The van der Waals surface area contributed by atoms with Crippen LogP contribution in [0.1, 0.15) is 64.7 Å². The highest BCUT2D eigenvalue weighted by Crippen LogP contribution is 2.71. The number of rotatable bonds is 4. The van der Waals surface area contributed by atoms with Gasteiger partial charge in [0.15, 0.2) is 5.78 Å². The van der Waals surface area contributed by atoms with E-state index >= 15 is 0 Å². The number of fused-ring (bicyclic) bond motifs is 17. The molecule has 0 saturated heterocycles. The fourth-order valence-corrected chi connectivity index (χ4v) is 10.7. The zero-order valence-corrected chi connectivity index (χ0v) is 25.8. The molecule has 8 aliphatic carbocycles. The van der Waals surface area contributed by atoms with E-state index in [1.807, 2.05) is 0 Å². The number of aliphatic carboxylic acids is 1. The van der Waals surface area contributed by atoms with Crippen LogP contribution in [0.4, 0.5) is 0 Å². The maximum absolute atomic E-state index is 10.3. The van der Waals surface area contributed by atoms with Crippen LogP contribution in [0, 0.1) is 71.0 Å². The van der Waals surface area contributed by atoms with E-state index in [0.29, 0.717) is 6.08 Å². The summed E-state index contributed by atoms with van der Waals surface area (Å²) in [6, 6.07) is 0. The summed E-state index contributed by atoms with van der Waals surface area (Å²) >= 11 is 0. The van der Waals surface area contributed by atoms with Crippen LogP contribution in [-0.2, 0) is 28.7 Å². The molecule has 0 aromatic carbocycles. The second-order valence-electron chi connectivity index (χ2n) is 13.9. The number of ketones is 1. The molecule has 7 nitrogen and oxygen atoms in total. The molecule has 8 rings (SSSR count). The first-order valence-electron chi connectivity index (χ1n) is 16.3. The van der Waals surface area contributed by atoms with Gasteiger partial charge in [-0.1, -0.05) is 24.3 Å². The molecule has 12 unspecified atom stereocenters. The van der Waals surface area contributed by atoms with Gasteiger partial charge in [-0.05, 0) is 142 Å². The fourth-order valence-electron chi connectivity index (χ4n) is 10.7. The SMILES string of the molecule is C1=CC2C(C1)C1CC2C2C3CCC(C3)C12.C1=CC2C3CCC(C3)C2C1.COC(=O)C=CC(=O)O.COC(=O)C=CC(C)=O. The molecule has 0 spiro atoms. The number of methoxy groups -OCH3 is 2. The van der Waals surface area contributed by atoms with E-state index in [4.69, 9.17) is 5.11 Å². The molecule has 0 amide bonds. The molecule has 43 heavy (non-hydrogen) atoms. The van der Waals surface area contributed by atoms with E-state index in [9.17, 15) is 19.2 Å². The third-order valence-corrected chi connectivity index (χ3v) is 12.0. The molecule has 1 N–H and O–H groups in total. The normalized spacial score (nSPS) is 40.6. The van der Waals surface area contributed by atoms with Crippen molar-refractivity contribution in [3.8, 4) is 0 Å². The second kappa shape index (κ2) is 13.8. The number of carboxylic acid groups (broad SMARTS) is 1. The van der Waals surface area contributed by atoms with Crippen molar-refractivity contribution in [1.82, 2.24) is 0 Å². The summed E-state index contributed by atoms with van der Waals surface area (Å²) in [5, 5.41) is 7.96. The largest absolute Gasteiger partial charge is 0.478 e. The van der Waals surface area contributed by atoms with E-state index in [1.54, 1.807) is 38.5 Å². The predicted molar refractivity (Wildman–Crippen MR) is 162 cm³/mol. The fraction of sp³-hybridized carbons (Fsp3) is 0.667. The van der Waals surface area contributed by atoms with Gasteiger partial charge in [-0.25, -0.2) is 14.4 Å². The first-order chi connectivity index (χ1) is 20.7. The molecule has 12 atom stereocenters. The molecular weight excluding hydrogens is 544 g/mol. The van der Waals surface area contributed by atoms with Gasteiger partial charge < -0.3 is 14.6 Å². The zero-order chi connectivity index (χ0) is 30.7. The highest BCUT2D eigenvalue weighted by Gasteiger charge is 2.65. The maximum atomic E-state index is 10.3. The Kier molecular flexibility index (Phi) is 10.1. The van der Waals surface area contributed by atoms with Gasteiger partial charge in [-0.15, -0.1) is 0 Å². The van der Waals surface area contributed by atoms with Crippen molar-refractivity contribution in [2.24, 2.45) is 71.0 Å². The van der Waals surface area contributed by atoms with E-state index in [2.05, 4.69) is 33.8 Å². The number of hydrogen-bond acceptors (Lipinski definition) is 6. The first-order valence-corrected chi connectivity index (χ1v) is 16.3. The quantitative estimate of drug-likeness (QED) is 0.179. The van der Waals surface area contributed by atoms with Crippen molar-refractivity contribution in [2.75, 3.05) is 14.2 Å². The molecule has 7 heteroatoms. The summed E-state index contributed by atoms with van der Waals surface area (Å²) in [5.74, 6) is 11.0. The smallest absolute Gasteiger partial charge is 0.330 e. The van der Waals surface area contributed by atoms with E-state index in [-0.39, 0.29) is 5.78 Å². The lowest BCUT2D eigenvalue weighted by molar-refractivity contribution is -0.136. The van der Waals surface area contributed by atoms with Gasteiger partial charge in [0.1, 0.15) is 0 Å². The Hall–Kier alpha value is -2.96. The zero-order valence-electron chi connectivity index (χ0n) is 25.8. The topological polar surface area (TPSA) is 107 Å². The van der Waals surface area contributed by atoms with Gasteiger partial charge in [-0.2, -0.15) is 0 Å². The minimum absolute atomic E-state index is 0.166. The number of hydrogen-bond donors (Lipinski definition) is 1. The Morgan fingerprint density at radius 2 is 1.16 bits per heavy atom. The average molecular weight is 593 g/mol. The lowest BCUT2D eigenvalue weighted by Gasteiger charge is -2.40. The van der Waals surface area contributed by atoms with Gasteiger partial charge >= 0.3 is 17.9 Å². The van der Waals surface area contributed by atoms with E-state index < -0.39 is 17.9 Å². The summed E-state index contributed by atoms with van der Waals surface area (Å²) in [4.78, 5) is 40.3. The average Bonchev–Trinajstić information content (AvgIpc) is 3.84. The van der Waals surface area contributed by atoms with Crippen LogP contribution < -0.4 is 0 Å². The van der Waals surface area contributed by atoms with Crippen molar-refractivity contribution in [2.45, 2.75) is 64.7 Å². The summed E-state index contributed by atoms with van der Waals surface area (Å²) in [6.45, 7) is 1.36. The van der Waals surface area contributed by atoms with Crippen LogP contribution in [0.25, 0.3) is 0 Å². The Morgan fingerprint density at radius 1 is 0.628 bits per heavy atom. The summed E-state index contributed by atoms with van der Waals surface area (Å²) in [6.07, 6.45) is 27.7. The van der Waals surface area contributed by atoms with Crippen LogP contribution in [-0.4, -0.2) is 43.0 Å². The number of esters is 2. The number of carboxylic acids is 1. The maximum Gasteiger partial charge on any atom is 0.330 e. The van der Waals surface area contributed by atoms with Gasteiger partial charge in [0.05, 0.1) is 14.2 Å². The highest BCUT2D eigenvalue weighted by atomic mass is 16.5. The molecule has 8 aliphatic rings. The van der Waals surface area contributed by atoms with Crippen molar-refractivity contribution in [1.29, 1.82) is 0 Å². The first kappa shape index (κ1) is 31.5. The minimum Gasteiger partial charge on any atom is -0.478 e. The Morgan fingerprint density at radius 3 is 1.77 bits per heavy atom.